The van der Waals surface area contributed by atoms with Crippen LogP contribution in [-0.2, 0) is 16.5 Å². The number of carbonyl (C=O) groups excluding carboxylic acids is 1. The van der Waals surface area contributed by atoms with Gasteiger partial charge in [0, 0.05) is 17.4 Å². The van der Waals surface area contributed by atoms with Gasteiger partial charge in [-0.2, -0.15) is 18.3 Å². The summed E-state index contributed by atoms with van der Waals surface area (Å²) in [6, 6.07) is 11.9. The molecule has 1 N–H and O–H groups in total. The third-order valence-corrected chi connectivity index (χ3v) is 4.92. The van der Waals surface area contributed by atoms with Crippen molar-refractivity contribution < 1.29 is 18.0 Å². The molecular formula is C20H17F3IN3O. The number of benzene rings is 2. The van der Waals surface area contributed by atoms with Crippen LogP contribution in [0.3, 0.4) is 0 Å². The molecule has 1 aromatic heterocycles. The third kappa shape index (κ3) is 4.21. The second kappa shape index (κ2) is 7.57. The molecule has 1 heterocycles. The predicted octanol–water partition coefficient (Wildman–Crippen LogP) is 5.55. The van der Waals surface area contributed by atoms with Gasteiger partial charge in [0.2, 0.25) is 0 Å². The van der Waals surface area contributed by atoms with E-state index in [9.17, 15) is 18.0 Å². The lowest BCUT2D eigenvalue weighted by Crippen LogP contribution is -2.40. The van der Waals surface area contributed by atoms with Crippen LogP contribution in [0, 0.1) is 3.57 Å². The van der Waals surface area contributed by atoms with E-state index in [2.05, 4.69) is 33.0 Å². The first-order valence-corrected chi connectivity index (χ1v) is 9.45. The second-order valence-corrected chi connectivity index (χ2v) is 7.99. The molecule has 146 valence electrons. The van der Waals surface area contributed by atoms with E-state index in [1.807, 2.05) is 0 Å². The third-order valence-electron chi connectivity index (χ3n) is 4.36. The molecule has 0 fully saturated rings. The Hall–Kier alpha value is -2.36. The van der Waals surface area contributed by atoms with Crippen molar-refractivity contribution in [3.63, 3.8) is 0 Å². The van der Waals surface area contributed by atoms with Crippen LogP contribution in [0.1, 0.15) is 19.4 Å². The van der Waals surface area contributed by atoms with Crippen molar-refractivity contribution in [2.75, 3.05) is 5.32 Å². The Bertz CT molecular complexity index is 997. The molecule has 0 bridgehead atoms. The highest BCUT2D eigenvalue weighted by atomic mass is 127. The van der Waals surface area contributed by atoms with Crippen LogP contribution in [0.4, 0.5) is 18.9 Å². The van der Waals surface area contributed by atoms with E-state index in [0.717, 1.165) is 15.7 Å². The van der Waals surface area contributed by atoms with Crippen molar-refractivity contribution in [1.82, 2.24) is 9.78 Å². The normalized spacial score (nSPS) is 12.1. The lowest BCUT2D eigenvalue weighted by atomic mass is 9.99. The van der Waals surface area contributed by atoms with Gasteiger partial charge in [0.15, 0.2) is 0 Å². The maximum atomic E-state index is 13.2. The molecule has 8 heteroatoms. The fraction of sp³-hybridized carbons (Fsp3) is 0.200. The summed E-state index contributed by atoms with van der Waals surface area (Å²) in [5.74, 6) is -0.385. The smallest absolute Gasteiger partial charge is 0.323 e. The number of aromatic nitrogens is 2. The molecule has 0 aliphatic carbocycles. The van der Waals surface area contributed by atoms with Crippen LogP contribution >= 0.6 is 22.6 Å². The summed E-state index contributed by atoms with van der Waals surface area (Å²) >= 11 is 2.09. The number of rotatable bonds is 4. The summed E-state index contributed by atoms with van der Waals surface area (Å²) in [5.41, 5.74) is -0.616. The number of nitrogens with zero attached hydrogens (tertiary/aromatic N) is 2. The minimum atomic E-state index is -4.48. The Kier molecular flexibility index (Phi) is 5.51. The highest BCUT2D eigenvalue weighted by molar-refractivity contribution is 14.1. The van der Waals surface area contributed by atoms with Crippen LogP contribution in [-0.4, -0.2) is 15.7 Å². The Labute approximate surface area is 173 Å². The highest BCUT2D eigenvalue weighted by Gasteiger charge is 2.33. The number of nitrogens with one attached hydrogen (secondary N) is 1. The first-order chi connectivity index (χ1) is 13.1. The van der Waals surface area contributed by atoms with Crippen molar-refractivity contribution in [2.45, 2.75) is 25.6 Å². The van der Waals surface area contributed by atoms with Gasteiger partial charge in [0.05, 0.1) is 15.3 Å². The molecule has 3 aromatic rings. The summed E-state index contributed by atoms with van der Waals surface area (Å²) < 4.78 is 42.0. The van der Waals surface area contributed by atoms with Crippen molar-refractivity contribution in [3.8, 4) is 11.1 Å². The first kappa shape index (κ1) is 20.4. The van der Waals surface area contributed by atoms with E-state index in [1.54, 1.807) is 56.6 Å². The van der Waals surface area contributed by atoms with Gasteiger partial charge in [-0.3, -0.25) is 9.48 Å². The van der Waals surface area contributed by atoms with Gasteiger partial charge >= 0.3 is 6.18 Å². The van der Waals surface area contributed by atoms with Gasteiger partial charge in [-0.1, -0.05) is 30.3 Å². The topological polar surface area (TPSA) is 46.9 Å². The molecule has 1 amide bonds. The average Bonchev–Trinajstić information content (AvgIpc) is 3.09. The van der Waals surface area contributed by atoms with E-state index in [-0.39, 0.29) is 5.91 Å². The number of amides is 1. The van der Waals surface area contributed by atoms with Crippen LogP contribution in [0.15, 0.2) is 60.9 Å². The summed E-state index contributed by atoms with van der Waals surface area (Å²) in [5, 5.41) is 6.94. The molecule has 4 nitrogen and oxygen atoms in total. The molecule has 0 aliphatic heterocycles. The number of hydrogen-bond acceptors (Lipinski definition) is 2. The number of hydrogen-bond donors (Lipinski definition) is 1. The maximum Gasteiger partial charge on any atom is 0.416 e. The number of halogens is 4. The summed E-state index contributed by atoms with van der Waals surface area (Å²) in [6.45, 7) is 3.38. The van der Waals surface area contributed by atoms with Crippen molar-refractivity contribution in [3.05, 3.63) is 70.1 Å². The molecular weight excluding hydrogens is 482 g/mol. The largest absolute Gasteiger partial charge is 0.416 e. The minimum absolute atomic E-state index is 0.301. The zero-order valence-electron chi connectivity index (χ0n) is 15.1. The highest BCUT2D eigenvalue weighted by Crippen LogP contribution is 2.36. The fourth-order valence-electron chi connectivity index (χ4n) is 2.67. The zero-order valence-corrected chi connectivity index (χ0v) is 17.2. The Morgan fingerprint density at radius 2 is 1.79 bits per heavy atom. The maximum absolute atomic E-state index is 13.2. The van der Waals surface area contributed by atoms with E-state index in [4.69, 9.17) is 0 Å². The molecule has 2 aromatic carbocycles. The monoisotopic (exact) mass is 499 g/mol. The molecule has 28 heavy (non-hydrogen) atoms. The lowest BCUT2D eigenvalue weighted by Gasteiger charge is -2.25. The zero-order chi connectivity index (χ0) is 20.5. The van der Waals surface area contributed by atoms with Crippen molar-refractivity contribution >= 4 is 34.2 Å². The van der Waals surface area contributed by atoms with Crippen molar-refractivity contribution in [2.24, 2.45) is 0 Å². The molecule has 0 atom stereocenters. The van der Waals surface area contributed by atoms with Gasteiger partial charge in [0.1, 0.15) is 5.54 Å². The summed E-state index contributed by atoms with van der Waals surface area (Å²) in [6.07, 6.45) is -1.12. The fourth-order valence-corrected chi connectivity index (χ4v) is 3.06. The van der Waals surface area contributed by atoms with Crippen LogP contribution in [0.2, 0.25) is 0 Å². The van der Waals surface area contributed by atoms with E-state index < -0.39 is 17.3 Å². The SMILES string of the molecule is CC(C)(C(=O)Nc1ccc(C(F)(F)F)cc1-c1ccccc1)n1cc(I)cn1. The van der Waals surface area contributed by atoms with Crippen LogP contribution in [0.5, 0.6) is 0 Å². The van der Waals surface area contributed by atoms with Crippen molar-refractivity contribution in [1.29, 1.82) is 0 Å². The molecule has 0 saturated heterocycles. The molecule has 0 radical (unpaired) electrons. The first-order valence-electron chi connectivity index (χ1n) is 8.38. The van der Waals surface area contributed by atoms with Crippen LogP contribution in [0.25, 0.3) is 11.1 Å². The Balaban J connectivity index is 2.00. The lowest BCUT2D eigenvalue weighted by molar-refractivity contribution is -0.137. The van der Waals surface area contributed by atoms with E-state index in [1.165, 1.54) is 10.7 Å². The number of carbonyl (C=O) groups is 1. The van der Waals surface area contributed by atoms with Crippen LogP contribution < -0.4 is 5.32 Å². The van der Waals surface area contributed by atoms with Gasteiger partial charge in [-0.25, -0.2) is 0 Å². The summed E-state index contributed by atoms with van der Waals surface area (Å²) in [4.78, 5) is 12.9. The van der Waals surface area contributed by atoms with Gasteiger partial charge in [0.25, 0.3) is 5.91 Å². The quantitative estimate of drug-likeness (QED) is 0.479. The van der Waals surface area contributed by atoms with Gasteiger partial charge in [-0.05, 0) is 60.2 Å². The Morgan fingerprint density at radius 1 is 1.11 bits per heavy atom. The number of alkyl halides is 3. The average molecular weight is 499 g/mol. The molecule has 3 rings (SSSR count). The summed E-state index contributed by atoms with van der Waals surface area (Å²) in [7, 11) is 0. The molecule has 0 spiro atoms. The van der Waals surface area contributed by atoms with Gasteiger partial charge < -0.3 is 5.32 Å². The molecule has 0 unspecified atom stereocenters. The minimum Gasteiger partial charge on any atom is -0.323 e. The van der Waals surface area contributed by atoms with Gasteiger partial charge in [-0.15, -0.1) is 0 Å². The van der Waals surface area contributed by atoms with E-state index in [0.29, 0.717) is 16.8 Å². The molecule has 0 saturated carbocycles. The molecule has 0 aliphatic rings. The standard InChI is InChI=1S/C20H17F3IN3O/c1-19(2,27-12-15(24)11-25-27)18(28)26-17-9-8-14(20(21,22)23)10-16(17)13-6-4-3-5-7-13/h3-12H,1-2H3,(H,26,28). The predicted molar refractivity (Wildman–Crippen MR) is 110 cm³/mol. The second-order valence-electron chi connectivity index (χ2n) is 6.74. The Morgan fingerprint density at radius 3 is 2.36 bits per heavy atom. The van der Waals surface area contributed by atoms with E-state index >= 15 is 0 Å². The number of anilines is 1.